The number of rotatable bonds is 6. The predicted molar refractivity (Wildman–Crippen MR) is 112 cm³/mol. The van der Waals surface area contributed by atoms with E-state index in [-0.39, 0.29) is 12.6 Å². The van der Waals surface area contributed by atoms with Gasteiger partial charge in [0.05, 0.1) is 12.3 Å². The number of ether oxygens (including phenoxy) is 1. The van der Waals surface area contributed by atoms with Gasteiger partial charge < -0.3 is 9.64 Å². The van der Waals surface area contributed by atoms with Gasteiger partial charge in [-0.1, -0.05) is 38.5 Å². The summed E-state index contributed by atoms with van der Waals surface area (Å²) < 4.78 is 4.94. The Morgan fingerprint density at radius 2 is 1.75 bits per heavy atom. The quantitative estimate of drug-likeness (QED) is 0.481. The lowest BCUT2D eigenvalue weighted by Gasteiger charge is -2.41. The Balaban J connectivity index is 1.68. The van der Waals surface area contributed by atoms with Crippen LogP contribution in [0.2, 0.25) is 0 Å². The van der Waals surface area contributed by atoms with Gasteiger partial charge >= 0.3 is 12.0 Å². The number of amides is 2. The van der Waals surface area contributed by atoms with Crippen LogP contribution in [0.15, 0.2) is 5.38 Å². The van der Waals surface area contributed by atoms with Gasteiger partial charge in [0.15, 0.2) is 10.5 Å². The number of carbonyl (C=O) groups is 2. The third kappa shape index (κ3) is 5.38. The summed E-state index contributed by atoms with van der Waals surface area (Å²) in [6, 6.07) is 0.565. The molecule has 0 radical (unpaired) electrons. The number of anilines is 1. The van der Waals surface area contributed by atoms with E-state index in [2.05, 4.69) is 15.2 Å². The average Bonchev–Trinajstić information content (AvgIpc) is 3.18. The zero-order chi connectivity index (χ0) is 19.9. The molecule has 0 bridgehead atoms. The van der Waals surface area contributed by atoms with Gasteiger partial charge in [-0.3, -0.25) is 10.1 Å². The van der Waals surface area contributed by atoms with E-state index in [0.717, 1.165) is 25.7 Å². The molecular formula is C20H30ClN3O3S. The number of hydrogen-bond donors (Lipinski definition) is 1. The van der Waals surface area contributed by atoms with Crippen LogP contribution >= 0.6 is 22.9 Å². The second kappa shape index (κ2) is 10.4. The van der Waals surface area contributed by atoms with Crippen molar-refractivity contribution in [3.05, 3.63) is 11.1 Å². The maximum Gasteiger partial charge on any atom is 0.330 e. The van der Waals surface area contributed by atoms with Crippen LogP contribution in [-0.2, 0) is 9.53 Å². The fourth-order valence-electron chi connectivity index (χ4n) is 4.30. The molecule has 8 heteroatoms. The van der Waals surface area contributed by atoms with Gasteiger partial charge in [-0.2, -0.15) is 0 Å². The van der Waals surface area contributed by atoms with Crippen molar-refractivity contribution >= 4 is 40.1 Å². The number of esters is 1. The van der Waals surface area contributed by atoms with E-state index in [1.807, 2.05) is 0 Å². The lowest BCUT2D eigenvalue weighted by molar-refractivity contribution is -0.142. The second-order valence-corrected chi connectivity index (χ2v) is 8.91. The molecular weight excluding hydrogens is 398 g/mol. The van der Waals surface area contributed by atoms with Crippen LogP contribution in [0.5, 0.6) is 0 Å². The number of hydrogen-bond acceptors (Lipinski definition) is 5. The highest BCUT2D eigenvalue weighted by atomic mass is 35.5. The summed E-state index contributed by atoms with van der Waals surface area (Å²) in [5, 5.41) is 4.20. The molecule has 0 spiro atoms. The van der Waals surface area contributed by atoms with Crippen molar-refractivity contribution in [2.75, 3.05) is 11.9 Å². The lowest BCUT2D eigenvalue weighted by atomic mass is 9.89. The molecule has 2 aliphatic rings. The van der Waals surface area contributed by atoms with E-state index in [1.54, 1.807) is 12.3 Å². The molecule has 1 N–H and O–H groups in total. The van der Waals surface area contributed by atoms with E-state index in [0.29, 0.717) is 22.9 Å². The Kier molecular flexibility index (Phi) is 7.97. The Morgan fingerprint density at radius 3 is 2.29 bits per heavy atom. The average molecular weight is 428 g/mol. The highest BCUT2D eigenvalue weighted by molar-refractivity contribution is 7.14. The van der Waals surface area contributed by atoms with E-state index >= 15 is 0 Å². The van der Waals surface area contributed by atoms with Crippen molar-refractivity contribution in [1.29, 1.82) is 0 Å². The van der Waals surface area contributed by atoms with E-state index in [1.165, 1.54) is 49.9 Å². The summed E-state index contributed by atoms with van der Waals surface area (Å²) in [5.74, 6) is -0.515. The molecule has 1 atom stereocenters. The fraction of sp³-hybridized carbons (Fsp3) is 0.750. The van der Waals surface area contributed by atoms with Gasteiger partial charge in [0.25, 0.3) is 0 Å². The van der Waals surface area contributed by atoms with Crippen molar-refractivity contribution in [3.8, 4) is 0 Å². The number of nitrogens with one attached hydrogen (secondary N) is 1. The minimum absolute atomic E-state index is 0.0676. The summed E-state index contributed by atoms with van der Waals surface area (Å²) in [6.45, 7) is 2.01. The minimum atomic E-state index is -0.949. The third-order valence-corrected chi connectivity index (χ3v) is 6.84. The smallest absolute Gasteiger partial charge is 0.330 e. The molecule has 0 aromatic carbocycles. The summed E-state index contributed by atoms with van der Waals surface area (Å²) >= 11 is 7.43. The van der Waals surface area contributed by atoms with Crippen LogP contribution in [0, 0.1) is 0 Å². The van der Waals surface area contributed by atoms with Crippen molar-refractivity contribution < 1.29 is 14.3 Å². The number of urea groups is 1. The molecule has 6 nitrogen and oxygen atoms in total. The number of thiazole rings is 1. The van der Waals surface area contributed by atoms with Gasteiger partial charge in [-0.25, -0.2) is 9.78 Å². The Bertz CT molecular complexity index is 639. The van der Waals surface area contributed by atoms with Crippen LogP contribution in [0.25, 0.3) is 0 Å². The molecule has 2 fully saturated rings. The van der Waals surface area contributed by atoms with Crippen molar-refractivity contribution in [1.82, 2.24) is 9.88 Å². The highest BCUT2D eigenvalue weighted by Crippen LogP contribution is 2.32. The van der Waals surface area contributed by atoms with E-state index in [9.17, 15) is 9.59 Å². The Morgan fingerprint density at radius 1 is 1.18 bits per heavy atom. The van der Waals surface area contributed by atoms with Gasteiger partial charge in [0, 0.05) is 17.5 Å². The first-order valence-electron chi connectivity index (χ1n) is 10.5. The van der Waals surface area contributed by atoms with E-state index in [4.69, 9.17) is 16.3 Å². The number of alkyl halides is 1. The summed E-state index contributed by atoms with van der Waals surface area (Å²) in [5.41, 5.74) is 0.419. The number of aromatic nitrogens is 1. The molecule has 1 aromatic heterocycles. The minimum Gasteiger partial charge on any atom is -0.465 e. The monoisotopic (exact) mass is 427 g/mol. The standard InChI is InChI=1S/C20H30ClN3O3S/c1-2-27-18(25)17(21)16-13-28-19(22-16)23-20(26)24(14-9-5-3-6-10-14)15-11-7-4-8-12-15/h13-15,17H,2-12H2,1H3,(H,22,23,26). The fourth-order valence-corrected chi connectivity index (χ4v) is 5.28. The molecule has 1 heterocycles. The molecule has 1 aromatic rings. The van der Waals surface area contributed by atoms with Gasteiger partial charge in [0.2, 0.25) is 0 Å². The summed E-state index contributed by atoms with van der Waals surface area (Å²) in [7, 11) is 0. The number of carbonyl (C=O) groups excluding carboxylic acids is 2. The normalized spacial score (nSPS) is 19.8. The van der Waals surface area contributed by atoms with Crippen LogP contribution in [-0.4, -0.2) is 40.6 Å². The molecule has 2 saturated carbocycles. The molecule has 0 saturated heterocycles. The summed E-state index contributed by atoms with van der Waals surface area (Å²) in [6.07, 6.45) is 11.6. The van der Waals surface area contributed by atoms with Crippen molar-refractivity contribution in [2.45, 2.75) is 88.6 Å². The number of halogens is 1. The molecule has 2 aliphatic carbocycles. The highest BCUT2D eigenvalue weighted by Gasteiger charge is 2.33. The molecule has 2 amide bonds. The maximum atomic E-state index is 13.2. The van der Waals surface area contributed by atoms with Gasteiger partial charge in [-0.15, -0.1) is 22.9 Å². The van der Waals surface area contributed by atoms with Crippen LogP contribution < -0.4 is 5.32 Å². The SMILES string of the molecule is CCOC(=O)C(Cl)c1csc(NC(=O)N(C2CCCCC2)C2CCCCC2)n1. The number of nitrogens with zero attached hydrogens (tertiary/aromatic N) is 2. The maximum absolute atomic E-state index is 13.2. The van der Waals surface area contributed by atoms with Gasteiger partial charge in [-0.05, 0) is 32.6 Å². The third-order valence-electron chi connectivity index (χ3n) is 5.66. The van der Waals surface area contributed by atoms with Crippen LogP contribution in [0.3, 0.4) is 0 Å². The largest absolute Gasteiger partial charge is 0.465 e. The topological polar surface area (TPSA) is 71.5 Å². The molecule has 28 heavy (non-hydrogen) atoms. The van der Waals surface area contributed by atoms with Crippen molar-refractivity contribution in [3.63, 3.8) is 0 Å². The Hall–Kier alpha value is -1.34. The predicted octanol–water partition coefficient (Wildman–Crippen LogP) is 5.49. The van der Waals surface area contributed by atoms with Gasteiger partial charge in [0.1, 0.15) is 0 Å². The van der Waals surface area contributed by atoms with E-state index < -0.39 is 11.3 Å². The summed E-state index contributed by atoms with van der Waals surface area (Å²) in [4.78, 5) is 31.4. The first kappa shape index (κ1) is 21.4. The molecule has 0 aliphatic heterocycles. The zero-order valence-corrected chi connectivity index (χ0v) is 18.1. The first-order valence-corrected chi connectivity index (χ1v) is 11.8. The van der Waals surface area contributed by atoms with Crippen LogP contribution in [0.4, 0.5) is 9.93 Å². The molecule has 3 rings (SSSR count). The lowest BCUT2D eigenvalue weighted by Crippen LogP contribution is -2.50. The zero-order valence-electron chi connectivity index (χ0n) is 16.5. The van der Waals surface area contributed by atoms with Crippen molar-refractivity contribution in [2.24, 2.45) is 0 Å². The first-order chi connectivity index (χ1) is 13.6. The molecule has 156 valence electrons. The van der Waals surface area contributed by atoms with Crippen LogP contribution in [0.1, 0.15) is 82.2 Å². The molecule has 1 unspecified atom stereocenters. The Labute approximate surface area is 176 Å². The second-order valence-electron chi connectivity index (χ2n) is 7.61.